The third-order valence-corrected chi connectivity index (χ3v) is 5.38. The Bertz CT molecular complexity index is 264. The monoisotopic (exact) mass is 256 g/mol. The van der Waals surface area contributed by atoms with Crippen molar-refractivity contribution < 1.29 is 4.79 Å². The first-order chi connectivity index (χ1) is 8.16. The molecular formula is C13H24N2OS. The van der Waals surface area contributed by atoms with E-state index in [-0.39, 0.29) is 5.91 Å². The molecule has 2 heterocycles. The lowest BCUT2D eigenvalue weighted by molar-refractivity contribution is -0.129. The molecule has 2 atom stereocenters. The second-order valence-electron chi connectivity index (χ2n) is 5.27. The van der Waals surface area contributed by atoms with Gasteiger partial charge < -0.3 is 10.2 Å². The van der Waals surface area contributed by atoms with E-state index in [9.17, 15) is 4.79 Å². The highest BCUT2D eigenvalue weighted by Crippen LogP contribution is 2.26. The fourth-order valence-electron chi connectivity index (χ4n) is 2.81. The van der Waals surface area contributed by atoms with E-state index in [1.165, 1.54) is 18.6 Å². The summed E-state index contributed by atoms with van der Waals surface area (Å²) in [5.41, 5.74) is 0. The molecule has 1 amide bonds. The van der Waals surface area contributed by atoms with E-state index in [1.54, 1.807) is 6.92 Å². The van der Waals surface area contributed by atoms with Crippen molar-refractivity contribution in [3.05, 3.63) is 0 Å². The van der Waals surface area contributed by atoms with Crippen molar-refractivity contribution in [1.29, 1.82) is 0 Å². The van der Waals surface area contributed by atoms with Gasteiger partial charge in [-0.05, 0) is 31.4 Å². The van der Waals surface area contributed by atoms with Crippen LogP contribution in [0.15, 0.2) is 0 Å². The van der Waals surface area contributed by atoms with Crippen molar-refractivity contribution in [1.82, 2.24) is 10.2 Å². The molecule has 4 heteroatoms. The van der Waals surface area contributed by atoms with Gasteiger partial charge in [0.05, 0.1) is 0 Å². The van der Waals surface area contributed by atoms with Gasteiger partial charge in [-0.1, -0.05) is 6.92 Å². The van der Waals surface area contributed by atoms with Gasteiger partial charge in [0.15, 0.2) is 0 Å². The van der Waals surface area contributed by atoms with E-state index in [1.807, 2.05) is 4.90 Å². The standard InChI is InChI=1S/C13H24N2OS/c1-10-13(4-3-9-17-10)14-12-5-7-15(8-6-12)11(2)16/h10,12-14H,3-9H2,1-2H3. The summed E-state index contributed by atoms with van der Waals surface area (Å²) in [5.74, 6) is 1.55. The Morgan fingerprint density at radius 1 is 1.29 bits per heavy atom. The summed E-state index contributed by atoms with van der Waals surface area (Å²) in [7, 11) is 0. The first-order valence-corrected chi connectivity index (χ1v) is 7.85. The average Bonchev–Trinajstić information content (AvgIpc) is 2.33. The van der Waals surface area contributed by atoms with Crippen LogP contribution in [0.25, 0.3) is 0 Å². The number of rotatable bonds is 2. The largest absolute Gasteiger partial charge is 0.343 e. The quantitative estimate of drug-likeness (QED) is 0.818. The van der Waals surface area contributed by atoms with Crippen LogP contribution >= 0.6 is 11.8 Å². The van der Waals surface area contributed by atoms with Crippen LogP contribution in [0.2, 0.25) is 0 Å². The fraction of sp³-hybridized carbons (Fsp3) is 0.923. The van der Waals surface area contributed by atoms with Gasteiger partial charge in [0.1, 0.15) is 0 Å². The number of thioether (sulfide) groups is 1. The van der Waals surface area contributed by atoms with Crippen LogP contribution in [0.1, 0.15) is 39.5 Å². The Morgan fingerprint density at radius 3 is 2.59 bits per heavy atom. The maximum absolute atomic E-state index is 11.2. The van der Waals surface area contributed by atoms with Crippen LogP contribution in [0.5, 0.6) is 0 Å². The number of hydrogen-bond donors (Lipinski definition) is 1. The molecule has 0 aliphatic carbocycles. The van der Waals surface area contributed by atoms with Gasteiger partial charge in [0.2, 0.25) is 5.91 Å². The average molecular weight is 256 g/mol. The van der Waals surface area contributed by atoms with Crippen molar-refractivity contribution >= 4 is 17.7 Å². The number of carbonyl (C=O) groups is 1. The zero-order chi connectivity index (χ0) is 12.3. The molecule has 2 aliphatic heterocycles. The highest BCUT2D eigenvalue weighted by atomic mass is 32.2. The van der Waals surface area contributed by atoms with Crippen molar-refractivity contribution in [3.63, 3.8) is 0 Å². The van der Waals surface area contributed by atoms with Crippen LogP contribution in [-0.4, -0.2) is 47.0 Å². The second kappa shape index (κ2) is 6.10. The molecule has 2 unspecified atom stereocenters. The lowest BCUT2D eigenvalue weighted by Gasteiger charge is -2.37. The van der Waals surface area contributed by atoms with Crippen molar-refractivity contribution in [3.8, 4) is 0 Å². The normalized spacial score (nSPS) is 31.5. The fourth-order valence-corrected chi connectivity index (χ4v) is 3.96. The molecule has 1 N–H and O–H groups in total. The predicted molar refractivity (Wildman–Crippen MR) is 73.4 cm³/mol. The van der Waals surface area contributed by atoms with Crippen molar-refractivity contribution in [2.45, 2.75) is 56.9 Å². The third-order valence-electron chi connectivity index (χ3n) is 4.00. The van der Waals surface area contributed by atoms with E-state index in [4.69, 9.17) is 0 Å². The summed E-state index contributed by atoms with van der Waals surface area (Å²) in [5, 5.41) is 4.55. The van der Waals surface area contributed by atoms with E-state index in [0.29, 0.717) is 12.1 Å². The Kier molecular flexibility index (Phi) is 4.74. The van der Waals surface area contributed by atoms with Crippen LogP contribution in [0.3, 0.4) is 0 Å². The number of piperidine rings is 1. The Morgan fingerprint density at radius 2 is 2.00 bits per heavy atom. The van der Waals surface area contributed by atoms with Crippen molar-refractivity contribution in [2.24, 2.45) is 0 Å². The second-order valence-corrected chi connectivity index (χ2v) is 6.76. The zero-order valence-electron chi connectivity index (χ0n) is 10.9. The molecule has 0 bridgehead atoms. The number of amides is 1. The van der Waals surface area contributed by atoms with Crippen molar-refractivity contribution in [2.75, 3.05) is 18.8 Å². The smallest absolute Gasteiger partial charge is 0.219 e. The first-order valence-electron chi connectivity index (χ1n) is 6.80. The molecule has 2 saturated heterocycles. The highest BCUT2D eigenvalue weighted by molar-refractivity contribution is 7.99. The molecular weight excluding hydrogens is 232 g/mol. The molecule has 2 fully saturated rings. The Labute approximate surface area is 109 Å². The third kappa shape index (κ3) is 3.62. The van der Waals surface area contributed by atoms with Crippen LogP contribution in [0, 0.1) is 0 Å². The molecule has 0 aromatic rings. The topological polar surface area (TPSA) is 32.3 Å². The summed E-state index contributed by atoms with van der Waals surface area (Å²) < 4.78 is 0. The lowest BCUT2D eigenvalue weighted by Crippen LogP contribution is -2.50. The maximum atomic E-state index is 11.2. The van der Waals surface area contributed by atoms with Gasteiger partial charge in [0.25, 0.3) is 0 Å². The summed E-state index contributed by atoms with van der Waals surface area (Å²) in [4.78, 5) is 13.2. The number of carbonyl (C=O) groups excluding carboxylic acids is 1. The lowest BCUT2D eigenvalue weighted by atomic mass is 10.0. The highest BCUT2D eigenvalue weighted by Gasteiger charge is 2.27. The van der Waals surface area contributed by atoms with Gasteiger partial charge >= 0.3 is 0 Å². The van der Waals surface area contributed by atoms with E-state index < -0.39 is 0 Å². The molecule has 0 spiro atoms. The molecule has 3 nitrogen and oxygen atoms in total. The molecule has 0 saturated carbocycles. The van der Waals surface area contributed by atoms with E-state index in [0.717, 1.165) is 31.2 Å². The number of likely N-dealkylation sites (tertiary alicyclic amines) is 1. The van der Waals surface area contributed by atoms with Crippen LogP contribution in [-0.2, 0) is 4.79 Å². The minimum absolute atomic E-state index is 0.227. The number of nitrogens with zero attached hydrogens (tertiary/aromatic N) is 1. The molecule has 0 aromatic carbocycles. The molecule has 0 radical (unpaired) electrons. The molecule has 2 aliphatic rings. The SMILES string of the molecule is CC(=O)N1CCC(NC2CCCSC2C)CC1. The molecule has 98 valence electrons. The summed E-state index contributed by atoms with van der Waals surface area (Å²) in [6.07, 6.45) is 4.90. The van der Waals surface area contributed by atoms with Gasteiger partial charge in [-0.25, -0.2) is 0 Å². The van der Waals surface area contributed by atoms with Crippen LogP contribution in [0.4, 0.5) is 0 Å². The zero-order valence-corrected chi connectivity index (χ0v) is 11.8. The minimum atomic E-state index is 0.227. The summed E-state index contributed by atoms with van der Waals surface area (Å²) >= 11 is 2.09. The van der Waals surface area contributed by atoms with E-state index >= 15 is 0 Å². The molecule has 2 rings (SSSR count). The van der Waals surface area contributed by atoms with Gasteiger partial charge in [-0.3, -0.25) is 4.79 Å². The summed E-state index contributed by atoms with van der Waals surface area (Å²) in [6, 6.07) is 1.30. The number of hydrogen-bond acceptors (Lipinski definition) is 3. The minimum Gasteiger partial charge on any atom is -0.343 e. The van der Waals surface area contributed by atoms with Gasteiger partial charge in [-0.15, -0.1) is 0 Å². The molecule has 17 heavy (non-hydrogen) atoms. The van der Waals surface area contributed by atoms with Crippen LogP contribution < -0.4 is 5.32 Å². The van der Waals surface area contributed by atoms with E-state index in [2.05, 4.69) is 24.0 Å². The van der Waals surface area contributed by atoms with Gasteiger partial charge in [-0.2, -0.15) is 11.8 Å². The molecule has 0 aromatic heterocycles. The number of nitrogens with one attached hydrogen (secondary N) is 1. The maximum Gasteiger partial charge on any atom is 0.219 e. The van der Waals surface area contributed by atoms with Gasteiger partial charge in [0, 0.05) is 37.3 Å². The predicted octanol–water partition coefficient (Wildman–Crippen LogP) is 1.87. The Hall–Kier alpha value is -0.220. The summed E-state index contributed by atoms with van der Waals surface area (Å²) in [6.45, 7) is 5.88. The first kappa shape index (κ1) is 13.2. The Balaban J connectivity index is 1.75.